The van der Waals surface area contributed by atoms with Crippen LogP contribution in [0.5, 0.6) is 0 Å². The molecular weight excluding hydrogens is 230 g/mol. The summed E-state index contributed by atoms with van der Waals surface area (Å²) in [5, 5.41) is 11.8. The van der Waals surface area contributed by atoms with Crippen LogP contribution in [0.2, 0.25) is 0 Å². The van der Waals surface area contributed by atoms with Gasteiger partial charge in [0.2, 0.25) is 0 Å². The lowest BCUT2D eigenvalue weighted by molar-refractivity contribution is 1.02. The Bertz CT molecular complexity index is 330. The quantitative estimate of drug-likeness (QED) is 0.845. The van der Waals surface area contributed by atoms with E-state index in [4.69, 9.17) is 11.0 Å². The van der Waals surface area contributed by atoms with Crippen molar-refractivity contribution in [2.75, 3.05) is 18.4 Å². The van der Waals surface area contributed by atoms with Gasteiger partial charge in [-0.2, -0.15) is 5.26 Å². The number of benzene rings is 1. The van der Waals surface area contributed by atoms with E-state index < -0.39 is 0 Å². The molecule has 0 atom stereocenters. The smallest absolute Gasteiger partial charge is 0.100 e. The van der Waals surface area contributed by atoms with Crippen molar-refractivity contribution in [3.8, 4) is 6.07 Å². The van der Waals surface area contributed by atoms with E-state index in [2.05, 4.69) is 27.3 Å². The summed E-state index contributed by atoms with van der Waals surface area (Å²) in [6, 6.07) is 7.58. The standard InChI is InChI=1S/C9H10BrN3/c10-9-5-8(13-4-3-11)2-1-7(9)6-12/h1-2,5,13H,3-4,11H2. The second kappa shape index (κ2) is 4.85. The fraction of sp³-hybridized carbons (Fsp3) is 0.222. The van der Waals surface area contributed by atoms with Gasteiger partial charge in [-0.3, -0.25) is 0 Å². The van der Waals surface area contributed by atoms with Crippen LogP contribution in [0.15, 0.2) is 22.7 Å². The van der Waals surface area contributed by atoms with E-state index >= 15 is 0 Å². The largest absolute Gasteiger partial charge is 0.384 e. The molecule has 3 N–H and O–H groups in total. The van der Waals surface area contributed by atoms with E-state index in [9.17, 15) is 0 Å². The lowest BCUT2D eigenvalue weighted by Crippen LogP contribution is -2.12. The van der Waals surface area contributed by atoms with Crippen LogP contribution in [-0.4, -0.2) is 13.1 Å². The Kier molecular flexibility index (Phi) is 3.74. The maximum atomic E-state index is 8.66. The summed E-state index contributed by atoms with van der Waals surface area (Å²) in [6.45, 7) is 1.33. The van der Waals surface area contributed by atoms with Crippen LogP contribution in [0.4, 0.5) is 5.69 Å². The van der Waals surface area contributed by atoms with Gasteiger partial charge in [0.25, 0.3) is 0 Å². The first-order chi connectivity index (χ1) is 6.27. The van der Waals surface area contributed by atoms with E-state index in [0.717, 1.165) is 16.7 Å². The zero-order chi connectivity index (χ0) is 9.68. The van der Waals surface area contributed by atoms with E-state index in [1.54, 1.807) is 6.07 Å². The molecule has 0 aromatic heterocycles. The van der Waals surface area contributed by atoms with Gasteiger partial charge in [-0.25, -0.2) is 0 Å². The molecule has 1 rings (SSSR count). The minimum atomic E-state index is 0.595. The summed E-state index contributed by atoms with van der Waals surface area (Å²) in [5.41, 5.74) is 6.95. The average molecular weight is 240 g/mol. The fourth-order valence-corrected chi connectivity index (χ4v) is 1.40. The van der Waals surface area contributed by atoms with Crippen molar-refractivity contribution in [2.24, 2.45) is 5.73 Å². The van der Waals surface area contributed by atoms with Gasteiger partial charge in [-0.15, -0.1) is 0 Å². The molecule has 0 bridgehead atoms. The third-order valence-corrected chi connectivity index (χ3v) is 2.22. The molecule has 0 unspecified atom stereocenters. The van der Waals surface area contributed by atoms with Crippen LogP contribution in [0.1, 0.15) is 5.56 Å². The SMILES string of the molecule is N#Cc1ccc(NCCN)cc1Br. The molecule has 0 aliphatic rings. The van der Waals surface area contributed by atoms with Crippen molar-refractivity contribution < 1.29 is 0 Å². The highest BCUT2D eigenvalue weighted by Crippen LogP contribution is 2.20. The van der Waals surface area contributed by atoms with Crippen LogP contribution in [0, 0.1) is 11.3 Å². The molecule has 0 spiro atoms. The van der Waals surface area contributed by atoms with Crippen LogP contribution in [0.3, 0.4) is 0 Å². The van der Waals surface area contributed by atoms with Gasteiger partial charge in [0, 0.05) is 23.2 Å². The topological polar surface area (TPSA) is 61.8 Å². The van der Waals surface area contributed by atoms with Gasteiger partial charge in [0.05, 0.1) is 5.56 Å². The van der Waals surface area contributed by atoms with E-state index in [1.165, 1.54) is 0 Å². The van der Waals surface area contributed by atoms with Crippen molar-refractivity contribution >= 4 is 21.6 Å². The number of halogens is 1. The van der Waals surface area contributed by atoms with Crippen LogP contribution in [-0.2, 0) is 0 Å². The Hall–Kier alpha value is -1.05. The average Bonchev–Trinajstić information content (AvgIpc) is 2.15. The maximum absolute atomic E-state index is 8.66. The molecule has 0 saturated carbocycles. The molecule has 0 amide bonds. The molecule has 68 valence electrons. The van der Waals surface area contributed by atoms with Crippen LogP contribution >= 0.6 is 15.9 Å². The summed E-state index contributed by atoms with van der Waals surface area (Å²) in [7, 11) is 0. The van der Waals surface area contributed by atoms with Gasteiger partial charge in [-0.1, -0.05) is 0 Å². The molecule has 3 nitrogen and oxygen atoms in total. The molecule has 1 aromatic carbocycles. The molecular formula is C9H10BrN3. The lowest BCUT2D eigenvalue weighted by Gasteiger charge is -2.05. The predicted octanol–water partition coefficient (Wildman–Crippen LogP) is 1.69. The summed E-state index contributed by atoms with van der Waals surface area (Å²) in [4.78, 5) is 0. The summed E-state index contributed by atoms with van der Waals surface area (Å²) >= 11 is 3.31. The second-order valence-electron chi connectivity index (χ2n) is 2.52. The number of nitrogens with zero attached hydrogens (tertiary/aromatic N) is 1. The molecule has 0 saturated heterocycles. The first kappa shape index (κ1) is 10.0. The third-order valence-electron chi connectivity index (χ3n) is 1.56. The van der Waals surface area contributed by atoms with Gasteiger partial charge in [0.1, 0.15) is 6.07 Å². The van der Waals surface area contributed by atoms with Crippen molar-refractivity contribution in [1.29, 1.82) is 5.26 Å². The van der Waals surface area contributed by atoms with Gasteiger partial charge < -0.3 is 11.1 Å². The van der Waals surface area contributed by atoms with Gasteiger partial charge >= 0.3 is 0 Å². The number of nitrogens with two attached hydrogens (primary N) is 1. The molecule has 4 heteroatoms. The maximum Gasteiger partial charge on any atom is 0.100 e. The number of nitriles is 1. The normalized spacial score (nSPS) is 9.31. The Morgan fingerprint density at radius 2 is 2.31 bits per heavy atom. The number of hydrogen-bond donors (Lipinski definition) is 2. The third kappa shape index (κ3) is 2.72. The summed E-state index contributed by atoms with van der Waals surface area (Å²) < 4.78 is 0.803. The predicted molar refractivity (Wildman–Crippen MR) is 56.4 cm³/mol. The monoisotopic (exact) mass is 239 g/mol. The van der Waals surface area contributed by atoms with Crippen molar-refractivity contribution in [1.82, 2.24) is 0 Å². The zero-order valence-corrected chi connectivity index (χ0v) is 8.63. The molecule has 0 radical (unpaired) electrons. The highest BCUT2D eigenvalue weighted by atomic mass is 79.9. The molecule has 13 heavy (non-hydrogen) atoms. The van der Waals surface area contributed by atoms with Crippen LogP contribution in [0.25, 0.3) is 0 Å². The molecule has 0 aliphatic carbocycles. The lowest BCUT2D eigenvalue weighted by atomic mass is 10.2. The van der Waals surface area contributed by atoms with E-state index in [1.807, 2.05) is 12.1 Å². The van der Waals surface area contributed by atoms with Crippen molar-refractivity contribution in [2.45, 2.75) is 0 Å². The Balaban J connectivity index is 2.79. The number of hydrogen-bond acceptors (Lipinski definition) is 3. The van der Waals surface area contributed by atoms with Crippen molar-refractivity contribution in [3.05, 3.63) is 28.2 Å². The molecule has 0 fully saturated rings. The number of rotatable bonds is 3. The zero-order valence-electron chi connectivity index (χ0n) is 7.05. The second-order valence-corrected chi connectivity index (χ2v) is 3.38. The van der Waals surface area contributed by atoms with Gasteiger partial charge in [-0.05, 0) is 34.1 Å². The Labute approximate surface area is 85.7 Å². The molecule has 0 heterocycles. The Morgan fingerprint density at radius 3 is 2.85 bits per heavy atom. The Morgan fingerprint density at radius 1 is 1.54 bits per heavy atom. The minimum absolute atomic E-state index is 0.595. The van der Waals surface area contributed by atoms with E-state index in [0.29, 0.717) is 12.1 Å². The number of nitrogens with one attached hydrogen (secondary N) is 1. The van der Waals surface area contributed by atoms with Gasteiger partial charge in [0.15, 0.2) is 0 Å². The molecule has 1 aromatic rings. The highest BCUT2D eigenvalue weighted by Gasteiger charge is 1.98. The van der Waals surface area contributed by atoms with Crippen LogP contribution < -0.4 is 11.1 Å². The molecule has 0 aliphatic heterocycles. The first-order valence-electron chi connectivity index (χ1n) is 3.91. The highest BCUT2D eigenvalue weighted by molar-refractivity contribution is 9.10. The minimum Gasteiger partial charge on any atom is -0.384 e. The fourth-order valence-electron chi connectivity index (χ4n) is 0.932. The number of anilines is 1. The van der Waals surface area contributed by atoms with E-state index in [-0.39, 0.29) is 0 Å². The first-order valence-corrected chi connectivity index (χ1v) is 4.71. The summed E-state index contributed by atoms with van der Waals surface area (Å²) in [5.74, 6) is 0. The summed E-state index contributed by atoms with van der Waals surface area (Å²) in [6.07, 6.45) is 0. The van der Waals surface area contributed by atoms with Crippen molar-refractivity contribution in [3.63, 3.8) is 0 Å².